The molecule has 102 valence electrons. The van der Waals surface area contributed by atoms with Crippen molar-refractivity contribution in [2.45, 2.75) is 6.54 Å². The molecule has 0 radical (unpaired) electrons. The predicted octanol–water partition coefficient (Wildman–Crippen LogP) is 2.46. The summed E-state index contributed by atoms with van der Waals surface area (Å²) in [5.74, 6) is -1.25. The van der Waals surface area contributed by atoms with E-state index in [9.17, 15) is 9.59 Å². The van der Waals surface area contributed by atoms with Crippen LogP contribution in [0.15, 0.2) is 24.5 Å². The van der Waals surface area contributed by atoms with Gasteiger partial charge in [-0.3, -0.25) is 19.2 Å². The number of nitrogens with zero attached hydrogens (tertiary/aromatic N) is 3. The average Bonchev–Trinajstić information content (AvgIpc) is 2.92. The first-order valence-electron chi connectivity index (χ1n) is 5.80. The summed E-state index contributed by atoms with van der Waals surface area (Å²) in [7, 11) is 1.78. The van der Waals surface area contributed by atoms with Crippen molar-refractivity contribution in [3.63, 3.8) is 0 Å². The van der Waals surface area contributed by atoms with Gasteiger partial charge in [0.25, 0.3) is 11.7 Å². The minimum absolute atomic E-state index is 0.174. The van der Waals surface area contributed by atoms with Crippen LogP contribution in [0.4, 0.5) is 5.69 Å². The normalized spacial score (nSPS) is 14.1. The van der Waals surface area contributed by atoms with E-state index < -0.39 is 11.7 Å². The fraction of sp³-hybridized carbons (Fsp3) is 0.154. The molecule has 2 aromatic rings. The van der Waals surface area contributed by atoms with Gasteiger partial charge in [0, 0.05) is 18.8 Å². The zero-order valence-electron chi connectivity index (χ0n) is 10.4. The largest absolute Gasteiger partial charge is 0.299 e. The molecule has 0 saturated carbocycles. The zero-order valence-corrected chi connectivity index (χ0v) is 11.9. The van der Waals surface area contributed by atoms with Gasteiger partial charge in [0.05, 0.1) is 34.0 Å². The Hall–Kier alpha value is -1.85. The van der Waals surface area contributed by atoms with Crippen molar-refractivity contribution in [2.75, 3.05) is 4.90 Å². The smallest absolute Gasteiger partial charge is 0.299 e. The second kappa shape index (κ2) is 4.61. The predicted molar refractivity (Wildman–Crippen MR) is 75.2 cm³/mol. The van der Waals surface area contributed by atoms with Crippen LogP contribution in [0.5, 0.6) is 0 Å². The molecule has 0 fully saturated rings. The minimum atomic E-state index is -0.628. The lowest BCUT2D eigenvalue weighted by Gasteiger charge is -2.16. The number of aromatic nitrogens is 2. The van der Waals surface area contributed by atoms with Gasteiger partial charge in [0.15, 0.2) is 0 Å². The molecule has 0 unspecified atom stereocenters. The number of fused-ring (bicyclic) bond motifs is 1. The van der Waals surface area contributed by atoms with E-state index in [1.54, 1.807) is 30.2 Å². The van der Waals surface area contributed by atoms with Crippen LogP contribution in [0, 0.1) is 0 Å². The Balaban J connectivity index is 2.08. The molecular weight excluding hydrogens is 301 g/mol. The molecule has 1 aliphatic heterocycles. The number of Topliss-reactive ketones (excluding diaryl/α,β-unsaturated/α-hetero) is 1. The van der Waals surface area contributed by atoms with Crippen LogP contribution in [0.3, 0.4) is 0 Å². The molecule has 0 N–H and O–H groups in total. The van der Waals surface area contributed by atoms with E-state index in [4.69, 9.17) is 23.2 Å². The van der Waals surface area contributed by atoms with E-state index in [2.05, 4.69) is 5.10 Å². The van der Waals surface area contributed by atoms with E-state index in [1.807, 2.05) is 0 Å². The Morgan fingerprint density at radius 3 is 2.55 bits per heavy atom. The highest BCUT2D eigenvalue weighted by Crippen LogP contribution is 2.40. The number of aryl methyl sites for hydroxylation is 1. The Morgan fingerprint density at radius 2 is 1.90 bits per heavy atom. The van der Waals surface area contributed by atoms with Crippen LogP contribution in [0.25, 0.3) is 0 Å². The first-order valence-corrected chi connectivity index (χ1v) is 6.56. The average molecular weight is 310 g/mol. The first kappa shape index (κ1) is 13.1. The molecule has 0 aliphatic carbocycles. The molecule has 3 rings (SSSR count). The second-order valence-corrected chi connectivity index (χ2v) is 5.31. The van der Waals surface area contributed by atoms with Gasteiger partial charge in [-0.15, -0.1) is 0 Å². The summed E-state index contributed by atoms with van der Waals surface area (Å²) in [6.07, 6.45) is 3.41. The summed E-state index contributed by atoms with van der Waals surface area (Å²) < 4.78 is 1.62. The SMILES string of the molecule is Cn1cc(CN2C(=O)C(=O)c3c(Cl)ccc(Cl)c32)cn1. The quantitative estimate of drug-likeness (QED) is 0.801. The Labute approximate surface area is 124 Å². The van der Waals surface area contributed by atoms with Crippen molar-refractivity contribution >= 4 is 40.6 Å². The second-order valence-electron chi connectivity index (χ2n) is 4.50. The maximum atomic E-state index is 12.1. The molecule has 5 nitrogen and oxygen atoms in total. The van der Waals surface area contributed by atoms with Crippen LogP contribution in [-0.4, -0.2) is 21.5 Å². The van der Waals surface area contributed by atoms with Crippen LogP contribution >= 0.6 is 23.2 Å². The number of anilines is 1. The summed E-state index contributed by atoms with van der Waals surface area (Å²) in [4.78, 5) is 25.5. The maximum Gasteiger partial charge on any atom is 0.299 e. The highest BCUT2D eigenvalue weighted by atomic mass is 35.5. The number of amides is 1. The fourth-order valence-corrected chi connectivity index (χ4v) is 2.74. The Bertz CT molecular complexity index is 739. The van der Waals surface area contributed by atoms with Crippen LogP contribution < -0.4 is 4.90 Å². The number of benzene rings is 1. The molecular formula is C13H9Cl2N3O2. The summed E-state index contributed by atoms with van der Waals surface area (Å²) in [5, 5.41) is 4.59. The van der Waals surface area contributed by atoms with E-state index in [-0.39, 0.29) is 17.1 Å². The van der Waals surface area contributed by atoms with Gasteiger partial charge in [0.1, 0.15) is 0 Å². The van der Waals surface area contributed by atoms with Crippen LogP contribution in [-0.2, 0) is 18.4 Å². The van der Waals surface area contributed by atoms with E-state index in [0.29, 0.717) is 10.7 Å². The highest BCUT2D eigenvalue weighted by molar-refractivity contribution is 6.56. The van der Waals surface area contributed by atoms with Gasteiger partial charge in [-0.25, -0.2) is 0 Å². The zero-order chi connectivity index (χ0) is 14.4. The molecule has 0 spiro atoms. The molecule has 0 saturated heterocycles. The van der Waals surface area contributed by atoms with Gasteiger partial charge in [-0.2, -0.15) is 5.10 Å². The lowest BCUT2D eigenvalue weighted by atomic mass is 10.1. The number of halogens is 2. The monoisotopic (exact) mass is 309 g/mol. The van der Waals surface area contributed by atoms with E-state index >= 15 is 0 Å². The van der Waals surface area contributed by atoms with Crippen molar-refractivity contribution in [2.24, 2.45) is 7.05 Å². The molecule has 1 aromatic heterocycles. The molecule has 1 aliphatic rings. The molecule has 7 heteroatoms. The number of carbonyl (C=O) groups is 2. The number of carbonyl (C=O) groups excluding carboxylic acids is 2. The summed E-state index contributed by atoms with van der Waals surface area (Å²) in [5.41, 5.74) is 1.35. The third kappa shape index (κ3) is 1.90. The topological polar surface area (TPSA) is 55.2 Å². The van der Waals surface area contributed by atoms with Crippen molar-refractivity contribution in [1.29, 1.82) is 0 Å². The number of rotatable bonds is 2. The lowest BCUT2D eigenvalue weighted by Crippen LogP contribution is -2.29. The number of hydrogen-bond donors (Lipinski definition) is 0. The molecule has 0 atom stereocenters. The first-order chi connectivity index (χ1) is 9.49. The van der Waals surface area contributed by atoms with E-state index in [0.717, 1.165) is 5.56 Å². The van der Waals surface area contributed by atoms with Gasteiger partial charge in [-0.1, -0.05) is 23.2 Å². The Morgan fingerprint density at radius 1 is 1.20 bits per heavy atom. The third-order valence-corrected chi connectivity index (χ3v) is 3.73. The van der Waals surface area contributed by atoms with Crippen molar-refractivity contribution in [3.05, 3.63) is 45.7 Å². The molecule has 1 amide bonds. The summed E-state index contributed by atoms with van der Waals surface area (Å²) >= 11 is 12.1. The van der Waals surface area contributed by atoms with Crippen molar-refractivity contribution < 1.29 is 9.59 Å². The molecule has 20 heavy (non-hydrogen) atoms. The van der Waals surface area contributed by atoms with Crippen molar-refractivity contribution in [1.82, 2.24) is 9.78 Å². The van der Waals surface area contributed by atoms with Crippen LogP contribution in [0.2, 0.25) is 10.0 Å². The molecule has 0 bridgehead atoms. The van der Waals surface area contributed by atoms with Gasteiger partial charge in [-0.05, 0) is 12.1 Å². The lowest BCUT2D eigenvalue weighted by molar-refractivity contribution is -0.114. The Kier molecular flexibility index (Phi) is 3.03. The number of hydrogen-bond acceptors (Lipinski definition) is 3. The third-order valence-electron chi connectivity index (χ3n) is 3.11. The van der Waals surface area contributed by atoms with Crippen LogP contribution in [0.1, 0.15) is 15.9 Å². The fourth-order valence-electron chi connectivity index (χ4n) is 2.24. The minimum Gasteiger partial charge on any atom is -0.299 e. The highest BCUT2D eigenvalue weighted by Gasteiger charge is 2.39. The van der Waals surface area contributed by atoms with E-state index in [1.165, 1.54) is 11.0 Å². The van der Waals surface area contributed by atoms with Gasteiger partial charge in [0.2, 0.25) is 0 Å². The standard InChI is InChI=1S/C13H9Cl2N3O2/c1-17-5-7(4-16-17)6-18-11-9(15)3-2-8(14)10(11)12(19)13(18)20/h2-5H,6H2,1H3. The number of ketones is 1. The van der Waals surface area contributed by atoms with Crippen molar-refractivity contribution in [3.8, 4) is 0 Å². The maximum absolute atomic E-state index is 12.1. The molecule has 2 heterocycles. The summed E-state index contributed by atoms with van der Waals surface area (Å²) in [6.45, 7) is 0.228. The molecule has 1 aromatic carbocycles. The van der Waals surface area contributed by atoms with Gasteiger partial charge < -0.3 is 0 Å². The van der Waals surface area contributed by atoms with Gasteiger partial charge >= 0.3 is 0 Å². The summed E-state index contributed by atoms with van der Waals surface area (Å²) in [6, 6.07) is 3.09.